The molecule has 1 aliphatic carbocycles. The summed E-state index contributed by atoms with van der Waals surface area (Å²) >= 11 is 0. The molecule has 0 spiro atoms. The minimum Gasteiger partial charge on any atom is -0.379 e. The zero-order valence-electron chi connectivity index (χ0n) is 18.9. The van der Waals surface area contributed by atoms with E-state index in [-0.39, 0.29) is 11.9 Å². The van der Waals surface area contributed by atoms with Crippen molar-refractivity contribution in [3.63, 3.8) is 0 Å². The maximum atomic E-state index is 13.3. The maximum absolute atomic E-state index is 13.3. The summed E-state index contributed by atoms with van der Waals surface area (Å²) in [4.78, 5) is 20.6. The van der Waals surface area contributed by atoms with Crippen LogP contribution in [0.5, 0.6) is 0 Å². The number of aromatic nitrogens is 3. The molecule has 0 unspecified atom stereocenters. The maximum Gasteiger partial charge on any atom is 0.252 e. The van der Waals surface area contributed by atoms with E-state index >= 15 is 0 Å². The van der Waals surface area contributed by atoms with Crippen molar-refractivity contribution in [2.24, 2.45) is 0 Å². The Bertz CT molecular complexity index is 1110. The van der Waals surface area contributed by atoms with Crippen LogP contribution in [0.15, 0.2) is 36.5 Å². The van der Waals surface area contributed by atoms with Gasteiger partial charge in [0.05, 0.1) is 30.4 Å². The molecule has 2 aromatic heterocycles. The van der Waals surface area contributed by atoms with Gasteiger partial charge in [-0.1, -0.05) is 24.3 Å². The molecule has 5 rings (SSSR count). The van der Waals surface area contributed by atoms with Crippen LogP contribution in [0.4, 0.5) is 0 Å². The average Bonchev–Trinajstić information content (AvgIpc) is 3.57. The first-order chi connectivity index (χ1) is 15.6. The molecule has 1 amide bonds. The minimum absolute atomic E-state index is 0.0659. The van der Waals surface area contributed by atoms with Crippen LogP contribution in [0, 0.1) is 0 Å². The molecule has 1 aromatic carbocycles. The van der Waals surface area contributed by atoms with Gasteiger partial charge >= 0.3 is 0 Å². The number of morpholine rings is 1. The summed E-state index contributed by atoms with van der Waals surface area (Å²) < 4.78 is 7.38. The molecule has 2 aliphatic rings. The number of carbonyl (C=O) groups excluding carboxylic acids is 1. The second-order valence-electron chi connectivity index (χ2n) is 9.13. The van der Waals surface area contributed by atoms with Gasteiger partial charge in [0.1, 0.15) is 0 Å². The number of fused-ring (bicyclic) bond motifs is 1. The van der Waals surface area contributed by atoms with Gasteiger partial charge in [-0.15, -0.1) is 0 Å². The number of ether oxygens (including phenoxy) is 1. The molecule has 168 valence electrons. The van der Waals surface area contributed by atoms with Crippen molar-refractivity contribution in [2.75, 3.05) is 26.3 Å². The highest BCUT2D eigenvalue weighted by Crippen LogP contribution is 2.40. The monoisotopic (exact) mass is 433 g/mol. The van der Waals surface area contributed by atoms with Crippen molar-refractivity contribution >= 4 is 16.9 Å². The predicted octanol–water partition coefficient (Wildman–Crippen LogP) is 3.65. The highest BCUT2D eigenvalue weighted by atomic mass is 16.5. The van der Waals surface area contributed by atoms with Gasteiger partial charge in [0, 0.05) is 43.8 Å². The summed E-state index contributed by atoms with van der Waals surface area (Å²) in [5.41, 5.74) is 4.90. The van der Waals surface area contributed by atoms with Gasteiger partial charge in [0.15, 0.2) is 5.65 Å². The van der Waals surface area contributed by atoms with Gasteiger partial charge in [-0.25, -0.2) is 9.67 Å². The van der Waals surface area contributed by atoms with Crippen molar-refractivity contribution in [1.29, 1.82) is 0 Å². The quantitative estimate of drug-likeness (QED) is 0.616. The van der Waals surface area contributed by atoms with E-state index in [2.05, 4.69) is 47.4 Å². The molecule has 0 bridgehead atoms. The lowest BCUT2D eigenvalue weighted by Crippen LogP contribution is -2.36. The summed E-state index contributed by atoms with van der Waals surface area (Å²) in [6.45, 7) is 9.00. The Morgan fingerprint density at radius 3 is 2.66 bits per heavy atom. The van der Waals surface area contributed by atoms with Gasteiger partial charge in [-0.2, -0.15) is 5.10 Å². The van der Waals surface area contributed by atoms with E-state index in [1.165, 1.54) is 5.56 Å². The molecule has 0 atom stereocenters. The Morgan fingerprint density at radius 2 is 1.94 bits per heavy atom. The first-order valence-corrected chi connectivity index (χ1v) is 11.6. The lowest BCUT2D eigenvalue weighted by atomic mass is 10.1. The first kappa shape index (κ1) is 21.1. The largest absolute Gasteiger partial charge is 0.379 e. The van der Waals surface area contributed by atoms with Crippen molar-refractivity contribution in [3.05, 3.63) is 58.9 Å². The third-order valence-corrected chi connectivity index (χ3v) is 6.37. The van der Waals surface area contributed by atoms with Crippen LogP contribution < -0.4 is 5.32 Å². The summed E-state index contributed by atoms with van der Waals surface area (Å²) in [7, 11) is 0. The molecular formula is C25H31N5O2. The molecule has 32 heavy (non-hydrogen) atoms. The molecular weight excluding hydrogens is 402 g/mol. The summed E-state index contributed by atoms with van der Waals surface area (Å²) in [6, 6.07) is 10.5. The third kappa shape index (κ3) is 4.40. The van der Waals surface area contributed by atoms with Crippen molar-refractivity contribution in [1.82, 2.24) is 25.0 Å². The smallest absolute Gasteiger partial charge is 0.252 e. The highest BCUT2D eigenvalue weighted by Gasteiger charge is 2.28. The minimum atomic E-state index is -0.0659. The van der Waals surface area contributed by atoms with E-state index in [9.17, 15) is 4.79 Å². The summed E-state index contributed by atoms with van der Waals surface area (Å²) in [5, 5.41) is 8.50. The Hall–Kier alpha value is -2.77. The fourth-order valence-corrected chi connectivity index (χ4v) is 4.35. The SMILES string of the molecule is CC(C)n1ncc2c(C(=O)NCc3ccccc3CN3CCOCC3)cc(C3CC3)nc21. The zero-order valence-corrected chi connectivity index (χ0v) is 18.9. The Labute approximate surface area is 188 Å². The Kier molecular flexibility index (Phi) is 5.93. The van der Waals surface area contributed by atoms with Crippen LogP contribution in [-0.2, 0) is 17.8 Å². The van der Waals surface area contributed by atoms with E-state index in [1.807, 2.05) is 16.8 Å². The van der Waals surface area contributed by atoms with Crippen molar-refractivity contribution in [3.8, 4) is 0 Å². The molecule has 1 aliphatic heterocycles. The standard InChI is InChI=1S/C25H31N5O2/c1-17(2)30-24-22(15-27-30)21(13-23(28-24)18-7-8-18)25(31)26-14-19-5-3-4-6-20(19)16-29-9-11-32-12-10-29/h3-6,13,15,17-18H,7-12,14,16H2,1-2H3,(H,26,31). The van der Waals surface area contributed by atoms with Crippen molar-refractivity contribution < 1.29 is 9.53 Å². The first-order valence-electron chi connectivity index (χ1n) is 11.6. The Morgan fingerprint density at radius 1 is 1.19 bits per heavy atom. The van der Waals surface area contributed by atoms with Crippen LogP contribution in [0.2, 0.25) is 0 Å². The number of pyridine rings is 1. The number of hydrogen-bond donors (Lipinski definition) is 1. The van der Waals surface area contributed by atoms with E-state index in [1.54, 1.807) is 6.20 Å². The molecule has 1 N–H and O–H groups in total. The molecule has 2 fully saturated rings. The predicted molar refractivity (Wildman–Crippen MR) is 124 cm³/mol. The van der Waals surface area contributed by atoms with E-state index < -0.39 is 0 Å². The fraction of sp³-hybridized carbons (Fsp3) is 0.480. The van der Waals surface area contributed by atoms with Crippen molar-refractivity contribution in [2.45, 2.75) is 51.7 Å². The van der Waals surface area contributed by atoms with Crippen LogP contribution in [0.3, 0.4) is 0 Å². The topological polar surface area (TPSA) is 72.3 Å². The van der Waals surface area contributed by atoms with E-state index in [0.29, 0.717) is 18.0 Å². The van der Waals surface area contributed by atoms with E-state index in [4.69, 9.17) is 9.72 Å². The lowest BCUT2D eigenvalue weighted by molar-refractivity contribution is 0.0340. The molecule has 3 aromatic rings. The summed E-state index contributed by atoms with van der Waals surface area (Å²) in [5.74, 6) is 0.402. The van der Waals surface area contributed by atoms with Crippen LogP contribution >= 0.6 is 0 Å². The molecule has 1 saturated heterocycles. The Balaban J connectivity index is 1.37. The number of rotatable bonds is 7. The second-order valence-corrected chi connectivity index (χ2v) is 9.13. The molecule has 0 radical (unpaired) electrons. The van der Waals surface area contributed by atoms with Crippen LogP contribution in [0.1, 0.15) is 65.8 Å². The number of benzene rings is 1. The molecule has 7 nitrogen and oxygen atoms in total. The lowest BCUT2D eigenvalue weighted by Gasteiger charge is -2.27. The number of nitrogens with zero attached hydrogens (tertiary/aromatic N) is 4. The molecule has 1 saturated carbocycles. The highest BCUT2D eigenvalue weighted by molar-refractivity contribution is 6.05. The van der Waals surface area contributed by atoms with Gasteiger partial charge in [0.2, 0.25) is 0 Å². The normalized spacial score (nSPS) is 17.2. The second kappa shape index (κ2) is 9.00. The zero-order chi connectivity index (χ0) is 22.1. The van der Waals surface area contributed by atoms with E-state index in [0.717, 1.165) is 68.0 Å². The van der Waals surface area contributed by atoms with Gasteiger partial charge in [-0.05, 0) is 43.9 Å². The number of carbonyl (C=O) groups is 1. The third-order valence-electron chi connectivity index (χ3n) is 6.37. The summed E-state index contributed by atoms with van der Waals surface area (Å²) in [6.07, 6.45) is 4.06. The number of amides is 1. The van der Waals surface area contributed by atoms with Gasteiger partial charge in [-0.3, -0.25) is 9.69 Å². The molecule has 7 heteroatoms. The van der Waals surface area contributed by atoms with Gasteiger partial charge < -0.3 is 10.1 Å². The molecule has 3 heterocycles. The van der Waals surface area contributed by atoms with Gasteiger partial charge in [0.25, 0.3) is 5.91 Å². The average molecular weight is 434 g/mol. The van der Waals surface area contributed by atoms with Crippen LogP contribution in [0.25, 0.3) is 11.0 Å². The fourth-order valence-electron chi connectivity index (χ4n) is 4.35. The number of nitrogens with one attached hydrogen (secondary N) is 1. The number of hydrogen-bond acceptors (Lipinski definition) is 5. The van der Waals surface area contributed by atoms with Crippen LogP contribution in [-0.4, -0.2) is 51.9 Å².